The van der Waals surface area contributed by atoms with Crippen LogP contribution < -0.4 is 4.90 Å². The number of para-hydroxylation sites is 1. The van der Waals surface area contributed by atoms with Crippen LogP contribution in [-0.2, 0) is 34.2 Å². The first kappa shape index (κ1) is 16.2. The summed E-state index contributed by atoms with van der Waals surface area (Å²) in [5, 5.41) is 4.06. The predicted molar refractivity (Wildman–Crippen MR) is 89.6 cm³/mol. The van der Waals surface area contributed by atoms with Crippen LogP contribution in [0, 0.1) is 0 Å². The molecule has 0 spiro atoms. The summed E-state index contributed by atoms with van der Waals surface area (Å²) in [5.41, 5.74) is 3.07. The molecule has 1 amide bonds. The molecule has 6 nitrogen and oxygen atoms in total. The summed E-state index contributed by atoms with van der Waals surface area (Å²) in [4.78, 5) is 25.9. The monoisotopic (exact) mass is 327 g/mol. The van der Waals surface area contributed by atoms with Gasteiger partial charge in [0.2, 0.25) is 0 Å². The van der Waals surface area contributed by atoms with Crippen molar-refractivity contribution in [1.29, 1.82) is 0 Å². The molecule has 24 heavy (non-hydrogen) atoms. The second kappa shape index (κ2) is 7.29. The predicted octanol–water partition coefficient (Wildman–Crippen LogP) is 1.88. The zero-order valence-electron chi connectivity index (χ0n) is 13.8. The number of hydrogen-bond donors (Lipinski definition) is 0. The molecule has 0 saturated heterocycles. The fourth-order valence-electron chi connectivity index (χ4n) is 2.93. The topological polar surface area (TPSA) is 64.4 Å². The van der Waals surface area contributed by atoms with E-state index in [9.17, 15) is 9.59 Å². The highest BCUT2D eigenvalue weighted by Crippen LogP contribution is 2.26. The minimum atomic E-state index is -0.363. The molecule has 0 unspecified atom stereocenters. The summed E-state index contributed by atoms with van der Waals surface area (Å²) in [5.74, 6) is -0.533. The molecule has 1 aromatic carbocycles. The first-order valence-corrected chi connectivity index (χ1v) is 8.15. The number of benzene rings is 1. The molecule has 0 fully saturated rings. The number of hydrogen-bond acceptors (Lipinski definition) is 4. The molecule has 1 aliphatic rings. The van der Waals surface area contributed by atoms with Crippen molar-refractivity contribution in [2.45, 2.75) is 25.7 Å². The third kappa shape index (κ3) is 3.82. The smallest absolute Gasteiger partial charge is 0.306 e. The highest BCUT2D eigenvalue weighted by atomic mass is 16.5. The molecule has 0 aliphatic carbocycles. The number of anilines is 1. The maximum atomic E-state index is 12.4. The molecule has 1 aromatic heterocycles. The van der Waals surface area contributed by atoms with Crippen LogP contribution in [0.5, 0.6) is 0 Å². The first-order chi connectivity index (χ1) is 11.6. The fraction of sp³-hybridized carbons (Fsp3) is 0.389. The van der Waals surface area contributed by atoms with Gasteiger partial charge in [-0.25, -0.2) is 0 Å². The molecule has 126 valence electrons. The summed E-state index contributed by atoms with van der Waals surface area (Å²) < 4.78 is 6.84. The number of rotatable bonds is 5. The lowest BCUT2D eigenvalue weighted by Gasteiger charge is -2.29. The van der Waals surface area contributed by atoms with Crippen LogP contribution >= 0.6 is 0 Å². The summed E-state index contributed by atoms with van der Waals surface area (Å²) >= 11 is 0. The van der Waals surface area contributed by atoms with Crippen LogP contribution in [0.25, 0.3) is 0 Å². The summed E-state index contributed by atoms with van der Waals surface area (Å²) in [7, 11) is 1.83. The number of carbonyl (C=O) groups is 2. The molecule has 1 aliphatic heterocycles. The van der Waals surface area contributed by atoms with E-state index in [0.29, 0.717) is 13.0 Å². The van der Waals surface area contributed by atoms with E-state index in [-0.39, 0.29) is 24.9 Å². The zero-order chi connectivity index (χ0) is 16.9. The average Bonchev–Trinajstić information content (AvgIpc) is 3.02. The lowest BCUT2D eigenvalue weighted by molar-refractivity contribution is -0.147. The van der Waals surface area contributed by atoms with Crippen molar-refractivity contribution in [1.82, 2.24) is 9.78 Å². The van der Waals surface area contributed by atoms with Crippen molar-refractivity contribution in [3.8, 4) is 0 Å². The van der Waals surface area contributed by atoms with E-state index in [4.69, 9.17) is 4.74 Å². The second-order valence-electron chi connectivity index (χ2n) is 5.96. The Morgan fingerprint density at radius 3 is 2.92 bits per heavy atom. The van der Waals surface area contributed by atoms with E-state index in [2.05, 4.69) is 5.10 Å². The molecule has 0 atom stereocenters. The number of aromatic nitrogens is 2. The van der Waals surface area contributed by atoms with E-state index in [1.807, 2.05) is 37.5 Å². The van der Waals surface area contributed by atoms with Crippen molar-refractivity contribution in [3.63, 3.8) is 0 Å². The standard InChI is InChI=1S/C18H21N3O3/c1-20-12-14(11-19-20)8-9-18(23)24-13-17(22)21-10-4-6-15-5-2-3-7-16(15)21/h2-3,5,7,11-12H,4,6,8-10,13H2,1H3. The third-order valence-electron chi connectivity index (χ3n) is 4.14. The highest BCUT2D eigenvalue weighted by molar-refractivity contribution is 5.96. The number of ether oxygens (including phenoxy) is 1. The second-order valence-corrected chi connectivity index (χ2v) is 5.96. The van der Waals surface area contributed by atoms with Gasteiger partial charge in [0.1, 0.15) is 0 Å². The van der Waals surface area contributed by atoms with E-state index in [0.717, 1.165) is 24.1 Å². The van der Waals surface area contributed by atoms with Crippen LogP contribution in [-0.4, -0.2) is 34.8 Å². The maximum absolute atomic E-state index is 12.4. The largest absolute Gasteiger partial charge is 0.456 e. The Kier molecular flexibility index (Phi) is 4.93. The molecule has 3 rings (SSSR count). The Hall–Kier alpha value is -2.63. The molecular weight excluding hydrogens is 306 g/mol. The Bertz CT molecular complexity index is 739. The fourth-order valence-corrected chi connectivity index (χ4v) is 2.93. The molecule has 6 heteroatoms. The van der Waals surface area contributed by atoms with Gasteiger partial charge < -0.3 is 9.64 Å². The van der Waals surface area contributed by atoms with Gasteiger partial charge in [0, 0.05) is 31.9 Å². The summed E-state index contributed by atoms with van der Waals surface area (Å²) in [6.07, 6.45) is 6.30. The summed E-state index contributed by atoms with van der Waals surface area (Å²) in [6.45, 7) is 0.462. The highest BCUT2D eigenvalue weighted by Gasteiger charge is 2.22. The van der Waals surface area contributed by atoms with Crippen LogP contribution in [0.3, 0.4) is 0 Å². The van der Waals surface area contributed by atoms with Gasteiger partial charge in [-0.05, 0) is 36.5 Å². The van der Waals surface area contributed by atoms with E-state index in [1.54, 1.807) is 15.8 Å². The SMILES string of the molecule is Cn1cc(CCC(=O)OCC(=O)N2CCCc3ccccc32)cn1. The maximum Gasteiger partial charge on any atom is 0.306 e. The van der Waals surface area contributed by atoms with Gasteiger partial charge in [0.05, 0.1) is 6.20 Å². The van der Waals surface area contributed by atoms with Gasteiger partial charge in [-0.1, -0.05) is 18.2 Å². The first-order valence-electron chi connectivity index (χ1n) is 8.15. The lowest BCUT2D eigenvalue weighted by atomic mass is 10.0. The molecule has 0 N–H and O–H groups in total. The normalized spacial score (nSPS) is 13.5. The van der Waals surface area contributed by atoms with E-state index in [1.165, 1.54) is 5.56 Å². The van der Waals surface area contributed by atoms with Crippen molar-refractivity contribution >= 4 is 17.6 Å². The zero-order valence-corrected chi connectivity index (χ0v) is 13.8. The average molecular weight is 327 g/mol. The molecule has 2 heterocycles. The number of nitrogens with zero attached hydrogens (tertiary/aromatic N) is 3. The Balaban J connectivity index is 1.50. The minimum absolute atomic E-state index is 0.170. The van der Waals surface area contributed by atoms with Crippen molar-refractivity contribution < 1.29 is 14.3 Å². The van der Waals surface area contributed by atoms with Gasteiger partial charge >= 0.3 is 5.97 Å². The Morgan fingerprint density at radius 1 is 1.29 bits per heavy atom. The molecule has 0 bridgehead atoms. The number of esters is 1. The number of carbonyl (C=O) groups excluding carboxylic acids is 2. The van der Waals surface area contributed by atoms with E-state index >= 15 is 0 Å². The van der Waals surface area contributed by atoms with Gasteiger partial charge in [-0.2, -0.15) is 5.10 Å². The molecule has 2 aromatic rings. The van der Waals surface area contributed by atoms with Crippen LogP contribution in [0.4, 0.5) is 5.69 Å². The molecular formula is C18H21N3O3. The molecule has 0 radical (unpaired) electrons. The number of amides is 1. The number of fused-ring (bicyclic) bond motifs is 1. The number of aryl methyl sites for hydroxylation is 3. The van der Waals surface area contributed by atoms with Crippen molar-refractivity contribution in [2.75, 3.05) is 18.1 Å². The molecule has 0 saturated carbocycles. The van der Waals surface area contributed by atoms with Crippen LogP contribution in [0.1, 0.15) is 24.0 Å². The third-order valence-corrected chi connectivity index (χ3v) is 4.14. The van der Waals surface area contributed by atoms with Gasteiger partial charge in [0.25, 0.3) is 5.91 Å². The van der Waals surface area contributed by atoms with Crippen molar-refractivity contribution in [2.24, 2.45) is 7.05 Å². The van der Waals surface area contributed by atoms with Gasteiger partial charge in [-0.15, -0.1) is 0 Å². The summed E-state index contributed by atoms with van der Waals surface area (Å²) in [6, 6.07) is 7.88. The van der Waals surface area contributed by atoms with E-state index < -0.39 is 0 Å². The Morgan fingerprint density at radius 2 is 2.12 bits per heavy atom. The van der Waals surface area contributed by atoms with Crippen LogP contribution in [0.15, 0.2) is 36.7 Å². The van der Waals surface area contributed by atoms with Crippen molar-refractivity contribution in [3.05, 3.63) is 47.8 Å². The quantitative estimate of drug-likeness (QED) is 0.787. The van der Waals surface area contributed by atoms with Gasteiger partial charge in [-0.3, -0.25) is 14.3 Å². The lowest BCUT2D eigenvalue weighted by Crippen LogP contribution is -2.38. The van der Waals surface area contributed by atoms with Gasteiger partial charge in [0.15, 0.2) is 6.61 Å². The Labute approximate surface area is 141 Å². The minimum Gasteiger partial charge on any atom is -0.456 e. The van der Waals surface area contributed by atoms with Crippen LogP contribution in [0.2, 0.25) is 0 Å².